The fraction of sp³-hybridized carbons (Fsp3) is 0.0588. The van der Waals surface area contributed by atoms with Gasteiger partial charge in [0.1, 0.15) is 5.69 Å². The molecule has 3 aromatic rings. The standard InChI is InChI=1S/C17H14N2O2/c20-17(21)16-11-15(18-19-16)14-8-6-13(7-9-14)10-12-4-2-1-3-5-12/h1-9,11H,10H2,(H,18,19)(H,20,21). The Labute approximate surface area is 122 Å². The molecule has 0 unspecified atom stereocenters. The molecule has 0 saturated heterocycles. The van der Waals surface area contributed by atoms with E-state index in [2.05, 4.69) is 22.3 Å². The molecule has 1 heterocycles. The average molecular weight is 278 g/mol. The highest BCUT2D eigenvalue weighted by atomic mass is 16.4. The van der Waals surface area contributed by atoms with Crippen molar-refractivity contribution in [3.05, 3.63) is 77.5 Å². The Morgan fingerprint density at radius 1 is 1.00 bits per heavy atom. The molecule has 0 fully saturated rings. The molecule has 4 heteroatoms. The third-order valence-electron chi connectivity index (χ3n) is 3.31. The maximum absolute atomic E-state index is 10.8. The number of carbonyl (C=O) groups is 1. The summed E-state index contributed by atoms with van der Waals surface area (Å²) >= 11 is 0. The first-order valence-corrected chi connectivity index (χ1v) is 6.64. The first kappa shape index (κ1) is 13.1. The largest absolute Gasteiger partial charge is 0.477 e. The Morgan fingerprint density at radius 3 is 2.29 bits per heavy atom. The van der Waals surface area contributed by atoms with Crippen LogP contribution in [-0.2, 0) is 6.42 Å². The first-order chi connectivity index (χ1) is 10.2. The van der Waals surface area contributed by atoms with Crippen molar-refractivity contribution in [2.24, 2.45) is 0 Å². The van der Waals surface area contributed by atoms with E-state index in [0.29, 0.717) is 5.69 Å². The summed E-state index contributed by atoms with van der Waals surface area (Å²) < 4.78 is 0. The van der Waals surface area contributed by atoms with E-state index in [0.717, 1.165) is 12.0 Å². The van der Waals surface area contributed by atoms with Gasteiger partial charge in [-0.05, 0) is 23.6 Å². The summed E-state index contributed by atoms with van der Waals surface area (Å²) in [6, 6.07) is 19.8. The van der Waals surface area contributed by atoms with Gasteiger partial charge in [-0.3, -0.25) is 5.10 Å². The van der Waals surface area contributed by atoms with Crippen molar-refractivity contribution in [1.82, 2.24) is 10.2 Å². The monoisotopic (exact) mass is 278 g/mol. The van der Waals surface area contributed by atoms with E-state index in [4.69, 9.17) is 5.11 Å². The zero-order valence-electron chi connectivity index (χ0n) is 11.3. The zero-order valence-corrected chi connectivity index (χ0v) is 11.3. The zero-order chi connectivity index (χ0) is 14.7. The van der Waals surface area contributed by atoms with Crippen LogP contribution in [-0.4, -0.2) is 21.3 Å². The van der Waals surface area contributed by atoms with Gasteiger partial charge in [-0.25, -0.2) is 4.79 Å². The minimum Gasteiger partial charge on any atom is -0.477 e. The van der Waals surface area contributed by atoms with Crippen molar-refractivity contribution >= 4 is 5.97 Å². The lowest BCUT2D eigenvalue weighted by Crippen LogP contribution is -1.95. The van der Waals surface area contributed by atoms with Crippen LogP contribution in [0.5, 0.6) is 0 Å². The predicted molar refractivity (Wildman–Crippen MR) is 80.2 cm³/mol. The Hall–Kier alpha value is -2.88. The van der Waals surface area contributed by atoms with Crippen molar-refractivity contribution in [2.45, 2.75) is 6.42 Å². The summed E-state index contributed by atoms with van der Waals surface area (Å²) in [5.74, 6) is -1.01. The Bertz CT molecular complexity index is 746. The fourth-order valence-electron chi connectivity index (χ4n) is 2.20. The molecule has 21 heavy (non-hydrogen) atoms. The molecular formula is C17H14N2O2. The van der Waals surface area contributed by atoms with Gasteiger partial charge < -0.3 is 5.11 Å². The van der Waals surface area contributed by atoms with Crippen molar-refractivity contribution in [2.75, 3.05) is 0 Å². The quantitative estimate of drug-likeness (QED) is 0.769. The van der Waals surface area contributed by atoms with Crippen molar-refractivity contribution < 1.29 is 9.90 Å². The molecule has 1 aromatic heterocycles. The number of hydrogen-bond acceptors (Lipinski definition) is 2. The highest BCUT2D eigenvalue weighted by Gasteiger charge is 2.09. The number of H-pyrrole nitrogens is 1. The molecule has 0 aliphatic heterocycles. The number of nitrogens with zero attached hydrogens (tertiary/aromatic N) is 1. The first-order valence-electron chi connectivity index (χ1n) is 6.64. The molecule has 0 bridgehead atoms. The molecule has 2 N–H and O–H groups in total. The van der Waals surface area contributed by atoms with Gasteiger partial charge in [0, 0.05) is 5.56 Å². The van der Waals surface area contributed by atoms with Crippen LogP contribution in [0.25, 0.3) is 11.3 Å². The van der Waals surface area contributed by atoms with Crippen LogP contribution < -0.4 is 0 Å². The summed E-state index contributed by atoms with van der Waals surface area (Å²) in [5, 5.41) is 15.4. The van der Waals surface area contributed by atoms with Gasteiger partial charge >= 0.3 is 5.97 Å². The molecule has 0 aliphatic rings. The minimum atomic E-state index is -1.01. The van der Waals surface area contributed by atoms with Crippen molar-refractivity contribution in [3.8, 4) is 11.3 Å². The van der Waals surface area contributed by atoms with E-state index in [1.165, 1.54) is 17.2 Å². The second-order valence-corrected chi connectivity index (χ2v) is 4.83. The molecule has 2 aromatic carbocycles. The van der Waals surface area contributed by atoms with E-state index in [1.807, 2.05) is 42.5 Å². The second-order valence-electron chi connectivity index (χ2n) is 4.83. The highest BCUT2D eigenvalue weighted by molar-refractivity contribution is 5.86. The minimum absolute atomic E-state index is 0.0957. The predicted octanol–water partition coefficient (Wildman–Crippen LogP) is 3.37. The van der Waals surface area contributed by atoms with Crippen LogP contribution >= 0.6 is 0 Å². The summed E-state index contributed by atoms with van der Waals surface area (Å²) in [5.41, 5.74) is 4.10. The van der Waals surface area contributed by atoms with Gasteiger partial charge in [-0.2, -0.15) is 5.10 Å². The lowest BCUT2D eigenvalue weighted by molar-refractivity contribution is 0.0690. The molecule has 3 rings (SSSR count). The maximum Gasteiger partial charge on any atom is 0.353 e. The fourth-order valence-corrected chi connectivity index (χ4v) is 2.20. The molecule has 0 aliphatic carbocycles. The van der Waals surface area contributed by atoms with Gasteiger partial charge in [-0.15, -0.1) is 0 Å². The van der Waals surface area contributed by atoms with E-state index < -0.39 is 5.97 Å². The molecule has 104 valence electrons. The number of carboxylic acid groups (broad SMARTS) is 1. The molecule has 0 amide bonds. The van der Waals surface area contributed by atoms with Gasteiger partial charge in [-0.1, -0.05) is 54.6 Å². The molecule has 4 nitrogen and oxygen atoms in total. The number of aromatic nitrogens is 2. The average Bonchev–Trinajstić information content (AvgIpc) is 2.99. The molecule has 0 radical (unpaired) electrons. The van der Waals surface area contributed by atoms with Crippen LogP contribution in [0, 0.1) is 0 Å². The van der Waals surface area contributed by atoms with Crippen LogP contribution in [0.2, 0.25) is 0 Å². The number of carboxylic acids is 1. The lowest BCUT2D eigenvalue weighted by atomic mass is 10.0. The Kier molecular flexibility index (Phi) is 3.51. The Balaban J connectivity index is 1.78. The topological polar surface area (TPSA) is 66.0 Å². The Morgan fingerprint density at radius 2 is 1.67 bits per heavy atom. The number of hydrogen-bond donors (Lipinski definition) is 2. The van der Waals surface area contributed by atoms with Gasteiger partial charge in [0.2, 0.25) is 0 Å². The van der Waals surface area contributed by atoms with Gasteiger partial charge in [0.15, 0.2) is 0 Å². The third kappa shape index (κ3) is 3.00. The smallest absolute Gasteiger partial charge is 0.353 e. The highest BCUT2D eigenvalue weighted by Crippen LogP contribution is 2.19. The van der Waals surface area contributed by atoms with E-state index in [1.54, 1.807) is 0 Å². The summed E-state index contributed by atoms with van der Waals surface area (Å²) in [6.07, 6.45) is 0.877. The number of rotatable bonds is 4. The summed E-state index contributed by atoms with van der Waals surface area (Å²) in [6.45, 7) is 0. The summed E-state index contributed by atoms with van der Waals surface area (Å²) in [4.78, 5) is 10.8. The van der Waals surface area contributed by atoms with E-state index >= 15 is 0 Å². The number of aromatic amines is 1. The SMILES string of the molecule is O=C(O)c1cc(-c2ccc(Cc3ccccc3)cc2)n[nH]1. The third-order valence-corrected chi connectivity index (χ3v) is 3.31. The van der Waals surface area contributed by atoms with Crippen LogP contribution in [0.15, 0.2) is 60.7 Å². The van der Waals surface area contributed by atoms with Crippen molar-refractivity contribution in [3.63, 3.8) is 0 Å². The van der Waals surface area contributed by atoms with E-state index in [-0.39, 0.29) is 5.69 Å². The number of aromatic carboxylic acids is 1. The lowest BCUT2D eigenvalue weighted by Gasteiger charge is -2.03. The van der Waals surface area contributed by atoms with Crippen molar-refractivity contribution in [1.29, 1.82) is 0 Å². The van der Waals surface area contributed by atoms with Gasteiger partial charge in [0.05, 0.1) is 5.69 Å². The van der Waals surface area contributed by atoms with Gasteiger partial charge in [0.25, 0.3) is 0 Å². The van der Waals surface area contributed by atoms with Crippen LogP contribution in [0.4, 0.5) is 0 Å². The van der Waals surface area contributed by atoms with Crippen LogP contribution in [0.1, 0.15) is 21.6 Å². The second kappa shape index (κ2) is 5.63. The maximum atomic E-state index is 10.8. The van der Waals surface area contributed by atoms with Crippen LogP contribution in [0.3, 0.4) is 0 Å². The summed E-state index contributed by atoms with van der Waals surface area (Å²) in [7, 11) is 0. The molecule has 0 atom stereocenters. The van der Waals surface area contributed by atoms with E-state index in [9.17, 15) is 4.79 Å². The normalized spacial score (nSPS) is 10.5. The number of benzene rings is 2. The number of nitrogens with one attached hydrogen (secondary N) is 1. The molecule has 0 saturated carbocycles. The molecular weight excluding hydrogens is 264 g/mol. The molecule has 0 spiro atoms.